The molecule has 27 heavy (non-hydrogen) atoms. The summed E-state index contributed by atoms with van der Waals surface area (Å²) in [7, 11) is 0. The fourth-order valence-corrected chi connectivity index (χ4v) is 2.89. The van der Waals surface area contributed by atoms with Crippen molar-refractivity contribution in [2.45, 2.75) is 27.2 Å². The second-order valence-electron chi connectivity index (χ2n) is 6.29. The summed E-state index contributed by atoms with van der Waals surface area (Å²) in [5, 5.41) is 6.65. The summed E-state index contributed by atoms with van der Waals surface area (Å²) in [5.74, 6) is 1.45. The number of anilines is 1. The minimum absolute atomic E-state index is 0.0346. The molecule has 1 aliphatic heterocycles. The Labute approximate surface area is 157 Å². The maximum absolute atomic E-state index is 12.6. The van der Waals surface area contributed by atoms with Crippen LogP contribution < -0.4 is 14.8 Å². The Morgan fingerprint density at radius 1 is 1.19 bits per heavy atom. The largest absolute Gasteiger partial charge is 0.486 e. The topological polar surface area (TPSA) is 93.9 Å². The minimum Gasteiger partial charge on any atom is -0.486 e. The molecule has 2 amide bonds. The van der Waals surface area contributed by atoms with E-state index in [1.54, 1.807) is 32.0 Å². The van der Waals surface area contributed by atoms with Gasteiger partial charge in [0.2, 0.25) is 11.8 Å². The van der Waals surface area contributed by atoms with E-state index in [1.165, 1.54) is 4.90 Å². The normalized spacial score (nSPS) is 12.6. The number of amides is 2. The van der Waals surface area contributed by atoms with Crippen LogP contribution >= 0.6 is 0 Å². The summed E-state index contributed by atoms with van der Waals surface area (Å²) in [6, 6.07) is 5.21. The van der Waals surface area contributed by atoms with E-state index >= 15 is 0 Å². The van der Waals surface area contributed by atoms with E-state index in [0.717, 1.165) is 5.56 Å². The van der Waals surface area contributed by atoms with Crippen LogP contribution in [0.15, 0.2) is 22.7 Å². The van der Waals surface area contributed by atoms with Crippen LogP contribution in [0.4, 0.5) is 5.69 Å². The van der Waals surface area contributed by atoms with Crippen molar-refractivity contribution in [3.63, 3.8) is 0 Å². The molecule has 1 aromatic heterocycles. The summed E-state index contributed by atoms with van der Waals surface area (Å²) >= 11 is 0. The second kappa shape index (κ2) is 8.11. The van der Waals surface area contributed by atoms with E-state index in [1.807, 2.05) is 6.92 Å². The van der Waals surface area contributed by atoms with Crippen molar-refractivity contribution in [1.82, 2.24) is 10.1 Å². The number of hydrogen-bond acceptors (Lipinski definition) is 6. The third-order valence-corrected chi connectivity index (χ3v) is 4.40. The molecule has 0 saturated carbocycles. The highest BCUT2D eigenvalue weighted by atomic mass is 16.6. The fourth-order valence-electron chi connectivity index (χ4n) is 2.89. The third kappa shape index (κ3) is 4.39. The number of hydrogen-bond donors (Lipinski definition) is 1. The van der Waals surface area contributed by atoms with Gasteiger partial charge in [-0.15, -0.1) is 0 Å². The molecule has 2 aromatic rings. The van der Waals surface area contributed by atoms with Gasteiger partial charge in [0.25, 0.3) is 0 Å². The van der Waals surface area contributed by atoms with Crippen molar-refractivity contribution in [2.24, 2.45) is 0 Å². The number of benzene rings is 1. The molecule has 1 aliphatic rings. The average Bonchev–Trinajstić information content (AvgIpc) is 2.98. The number of aryl methyl sites for hydroxylation is 2. The smallest absolute Gasteiger partial charge is 0.243 e. The minimum atomic E-state index is -0.277. The van der Waals surface area contributed by atoms with Gasteiger partial charge in [0.1, 0.15) is 19.0 Å². The maximum Gasteiger partial charge on any atom is 0.243 e. The lowest BCUT2D eigenvalue weighted by Crippen LogP contribution is -2.38. The molecule has 0 fully saturated rings. The molecule has 0 atom stereocenters. The number of fused-ring (bicyclic) bond motifs is 1. The molecule has 3 rings (SSSR count). The van der Waals surface area contributed by atoms with E-state index < -0.39 is 0 Å². The molecule has 8 heteroatoms. The monoisotopic (exact) mass is 373 g/mol. The van der Waals surface area contributed by atoms with E-state index in [4.69, 9.17) is 14.0 Å². The van der Waals surface area contributed by atoms with E-state index in [-0.39, 0.29) is 24.8 Å². The number of carbonyl (C=O) groups is 2. The van der Waals surface area contributed by atoms with E-state index in [0.29, 0.717) is 48.4 Å². The van der Waals surface area contributed by atoms with Gasteiger partial charge in [-0.25, -0.2) is 0 Å². The van der Waals surface area contributed by atoms with Crippen LogP contribution in [0.25, 0.3) is 0 Å². The van der Waals surface area contributed by atoms with E-state index in [2.05, 4.69) is 10.5 Å². The summed E-state index contributed by atoms with van der Waals surface area (Å²) in [6.45, 7) is 6.78. The van der Waals surface area contributed by atoms with Gasteiger partial charge in [-0.2, -0.15) is 0 Å². The molecule has 0 aliphatic carbocycles. The Morgan fingerprint density at radius 2 is 1.93 bits per heavy atom. The van der Waals surface area contributed by atoms with Crippen molar-refractivity contribution < 1.29 is 23.6 Å². The molecule has 1 aromatic carbocycles. The number of ether oxygens (including phenoxy) is 2. The maximum atomic E-state index is 12.6. The summed E-state index contributed by atoms with van der Waals surface area (Å²) in [6.07, 6.45) is 0.159. The molecule has 0 spiro atoms. The van der Waals surface area contributed by atoms with Crippen LogP contribution in [0.5, 0.6) is 11.5 Å². The van der Waals surface area contributed by atoms with Crippen LogP contribution in [0.1, 0.15) is 23.9 Å². The van der Waals surface area contributed by atoms with Crippen molar-refractivity contribution in [1.29, 1.82) is 0 Å². The number of carbonyl (C=O) groups excluding carboxylic acids is 2. The molecular formula is C19H23N3O5. The fraction of sp³-hybridized carbons (Fsp3) is 0.421. The predicted octanol–water partition coefficient (Wildman–Crippen LogP) is 2.09. The average molecular weight is 373 g/mol. The molecule has 0 radical (unpaired) electrons. The summed E-state index contributed by atoms with van der Waals surface area (Å²) < 4.78 is 16.1. The van der Waals surface area contributed by atoms with Crippen LogP contribution in [0.3, 0.4) is 0 Å². The lowest BCUT2D eigenvalue weighted by Gasteiger charge is -2.21. The van der Waals surface area contributed by atoms with Crippen LogP contribution in [0.2, 0.25) is 0 Å². The SMILES string of the molecule is CCN(CC(=O)Nc1ccc2c(c1)OCCO2)C(=O)Cc1c(C)noc1C. The van der Waals surface area contributed by atoms with Crippen molar-refractivity contribution >= 4 is 17.5 Å². The molecular weight excluding hydrogens is 350 g/mol. The van der Waals surface area contributed by atoms with Gasteiger partial charge in [0, 0.05) is 23.9 Å². The van der Waals surface area contributed by atoms with Gasteiger partial charge in [0.05, 0.1) is 18.7 Å². The molecule has 1 N–H and O–H groups in total. The number of likely N-dealkylation sites (N-methyl/N-ethyl adjacent to an activating group) is 1. The highest BCUT2D eigenvalue weighted by molar-refractivity contribution is 5.95. The Morgan fingerprint density at radius 3 is 2.59 bits per heavy atom. The molecule has 2 heterocycles. The number of aromatic nitrogens is 1. The highest BCUT2D eigenvalue weighted by Gasteiger charge is 2.20. The third-order valence-electron chi connectivity index (χ3n) is 4.40. The van der Waals surface area contributed by atoms with Gasteiger partial charge in [-0.3, -0.25) is 9.59 Å². The zero-order valence-corrected chi connectivity index (χ0v) is 15.7. The van der Waals surface area contributed by atoms with Gasteiger partial charge in [-0.1, -0.05) is 5.16 Å². The standard InChI is InChI=1S/C19H23N3O5/c1-4-22(19(24)10-15-12(2)21-27-13(15)3)11-18(23)20-14-5-6-16-17(9-14)26-8-7-25-16/h5-6,9H,4,7-8,10-11H2,1-3H3,(H,20,23). The van der Waals surface area contributed by atoms with Gasteiger partial charge < -0.3 is 24.2 Å². The Bertz CT molecular complexity index is 826. The zero-order chi connectivity index (χ0) is 19.4. The lowest BCUT2D eigenvalue weighted by atomic mass is 10.1. The van der Waals surface area contributed by atoms with Crippen molar-refractivity contribution in [3.8, 4) is 11.5 Å². The molecule has 8 nitrogen and oxygen atoms in total. The quantitative estimate of drug-likeness (QED) is 0.833. The Hall–Kier alpha value is -3.03. The van der Waals surface area contributed by atoms with Gasteiger partial charge >= 0.3 is 0 Å². The molecule has 0 saturated heterocycles. The predicted molar refractivity (Wildman–Crippen MR) is 98.0 cm³/mol. The molecule has 0 unspecified atom stereocenters. The Kier molecular flexibility index (Phi) is 5.63. The molecule has 0 bridgehead atoms. The number of rotatable bonds is 6. The summed E-state index contributed by atoms with van der Waals surface area (Å²) in [4.78, 5) is 26.4. The lowest BCUT2D eigenvalue weighted by molar-refractivity contribution is -0.133. The highest BCUT2D eigenvalue weighted by Crippen LogP contribution is 2.32. The van der Waals surface area contributed by atoms with Crippen LogP contribution in [-0.4, -0.2) is 48.2 Å². The number of nitrogens with one attached hydrogen (secondary N) is 1. The molecule has 144 valence electrons. The van der Waals surface area contributed by atoms with Gasteiger partial charge in [0.15, 0.2) is 11.5 Å². The Balaban J connectivity index is 1.60. The van der Waals surface area contributed by atoms with Crippen molar-refractivity contribution in [2.75, 3.05) is 31.6 Å². The second-order valence-corrected chi connectivity index (χ2v) is 6.29. The van der Waals surface area contributed by atoms with Crippen molar-refractivity contribution in [3.05, 3.63) is 35.2 Å². The number of nitrogens with zero attached hydrogens (tertiary/aromatic N) is 2. The first-order valence-electron chi connectivity index (χ1n) is 8.87. The zero-order valence-electron chi connectivity index (χ0n) is 15.7. The first-order chi connectivity index (χ1) is 13.0. The summed E-state index contributed by atoms with van der Waals surface area (Å²) in [5.41, 5.74) is 2.06. The first kappa shape index (κ1) is 18.8. The van der Waals surface area contributed by atoms with Gasteiger partial charge in [-0.05, 0) is 32.9 Å². The first-order valence-corrected chi connectivity index (χ1v) is 8.87. The van der Waals surface area contributed by atoms with E-state index in [9.17, 15) is 9.59 Å². The van der Waals surface area contributed by atoms with Crippen LogP contribution in [-0.2, 0) is 16.0 Å². The van der Waals surface area contributed by atoms with Crippen LogP contribution in [0, 0.1) is 13.8 Å².